The van der Waals surface area contributed by atoms with E-state index in [1.165, 1.54) is 27.9 Å². The number of fused-ring (bicyclic) bond motifs is 1. The second-order valence-electron chi connectivity index (χ2n) is 6.48. The Morgan fingerprint density at radius 1 is 1.09 bits per heavy atom. The number of rotatable bonds is 2. The summed E-state index contributed by atoms with van der Waals surface area (Å²) in [6, 6.07) is 6.60. The molecule has 0 amide bonds. The molecule has 0 N–H and O–H groups in total. The van der Waals surface area contributed by atoms with Crippen molar-refractivity contribution in [2.24, 2.45) is 7.05 Å². The third kappa shape index (κ3) is 2.41. The molecule has 3 aromatic rings. The predicted molar refractivity (Wildman–Crippen MR) is 88.9 cm³/mol. The van der Waals surface area contributed by atoms with Crippen LogP contribution >= 0.6 is 0 Å². The lowest BCUT2D eigenvalue weighted by Crippen LogP contribution is -2.30. The van der Waals surface area contributed by atoms with Crippen LogP contribution in [0.3, 0.4) is 0 Å². The zero-order valence-electron chi connectivity index (χ0n) is 14.2. The fraction of sp³-hybridized carbons (Fsp3) is 0.368. The van der Waals surface area contributed by atoms with Gasteiger partial charge in [-0.25, -0.2) is 4.98 Å². The minimum Gasteiger partial charge on any atom is -0.434 e. The average molecular weight is 295 g/mol. The molecule has 1 aromatic carbocycles. The molecule has 3 rings (SSSR count). The lowest BCUT2D eigenvalue weighted by Gasteiger charge is -2.08. The van der Waals surface area contributed by atoms with Gasteiger partial charge < -0.3 is 4.42 Å². The van der Waals surface area contributed by atoms with Crippen LogP contribution in [0.25, 0.3) is 22.4 Å². The summed E-state index contributed by atoms with van der Waals surface area (Å²) in [6.07, 6.45) is 2.03. The van der Waals surface area contributed by atoms with Crippen molar-refractivity contribution in [3.63, 3.8) is 0 Å². The van der Waals surface area contributed by atoms with E-state index in [4.69, 9.17) is 4.42 Å². The van der Waals surface area contributed by atoms with Crippen molar-refractivity contribution < 1.29 is 8.98 Å². The lowest BCUT2D eigenvalue weighted by molar-refractivity contribution is -0.659. The number of nitrogens with zero attached hydrogens (tertiary/aromatic N) is 2. The summed E-state index contributed by atoms with van der Waals surface area (Å²) in [5.74, 6) is 1.09. The van der Waals surface area contributed by atoms with E-state index in [9.17, 15) is 0 Å². The second kappa shape index (κ2) is 5.24. The maximum Gasteiger partial charge on any atom is 0.218 e. The zero-order valence-corrected chi connectivity index (χ0v) is 14.2. The molecule has 0 aliphatic carbocycles. The molecular formula is C19H23N2O+. The standard InChI is InChI=1S/C19H23N2O/c1-11(2)19-20-16-9-17(21(6)10-18(16)22-19)15-8-12(3)7-13(4)14(15)5/h7-11H,1-6H3/q+1. The Morgan fingerprint density at radius 3 is 2.50 bits per heavy atom. The molecule has 0 atom stereocenters. The van der Waals surface area contributed by atoms with Gasteiger partial charge in [-0.2, -0.15) is 4.57 Å². The van der Waals surface area contributed by atoms with Crippen molar-refractivity contribution >= 4 is 11.1 Å². The van der Waals surface area contributed by atoms with Gasteiger partial charge >= 0.3 is 0 Å². The molecule has 0 fully saturated rings. The first-order valence-electron chi connectivity index (χ1n) is 7.75. The third-order valence-electron chi connectivity index (χ3n) is 4.24. The number of aryl methyl sites for hydroxylation is 3. The Balaban J connectivity index is 2.25. The van der Waals surface area contributed by atoms with Crippen molar-refractivity contribution in [3.8, 4) is 11.3 Å². The molecular weight excluding hydrogens is 272 g/mol. The van der Waals surface area contributed by atoms with Crippen LogP contribution in [-0.4, -0.2) is 4.98 Å². The van der Waals surface area contributed by atoms with Crippen molar-refractivity contribution in [1.82, 2.24) is 4.98 Å². The van der Waals surface area contributed by atoms with E-state index in [0.717, 1.165) is 17.0 Å². The molecule has 3 heteroatoms. The normalized spacial score (nSPS) is 11.6. The van der Waals surface area contributed by atoms with Crippen molar-refractivity contribution in [1.29, 1.82) is 0 Å². The van der Waals surface area contributed by atoms with E-state index in [0.29, 0.717) is 5.92 Å². The van der Waals surface area contributed by atoms with Crippen LogP contribution in [0.4, 0.5) is 0 Å². The summed E-state index contributed by atoms with van der Waals surface area (Å²) in [5.41, 5.74) is 8.11. The first kappa shape index (κ1) is 14.8. The van der Waals surface area contributed by atoms with E-state index in [1.54, 1.807) is 0 Å². The molecule has 3 nitrogen and oxygen atoms in total. The van der Waals surface area contributed by atoms with Gasteiger partial charge in [-0.1, -0.05) is 25.5 Å². The number of pyridine rings is 1. The van der Waals surface area contributed by atoms with Gasteiger partial charge in [-0.15, -0.1) is 0 Å². The van der Waals surface area contributed by atoms with Crippen LogP contribution in [0.1, 0.15) is 42.3 Å². The van der Waals surface area contributed by atoms with Gasteiger partial charge in [0.05, 0.1) is 0 Å². The lowest BCUT2D eigenvalue weighted by atomic mass is 9.97. The largest absolute Gasteiger partial charge is 0.434 e. The fourth-order valence-corrected chi connectivity index (χ4v) is 2.85. The van der Waals surface area contributed by atoms with Crippen LogP contribution in [0.2, 0.25) is 0 Å². The van der Waals surface area contributed by atoms with Crippen LogP contribution in [0.5, 0.6) is 0 Å². The van der Waals surface area contributed by atoms with Gasteiger partial charge in [0, 0.05) is 17.5 Å². The zero-order chi connectivity index (χ0) is 16.0. The highest BCUT2D eigenvalue weighted by Crippen LogP contribution is 2.28. The number of benzene rings is 1. The van der Waals surface area contributed by atoms with Gasteiger partial charge in [-0.05, 0) is 38.0 Å². The number of aromatic nitrogens is 2. The highest BCUT2D eigenvalue weighted by molar-refractivity contribution is 5.76. The molecule has 2 aromatic heterocycles. The van der Waals surface area contributed by atoms with Crippen LogP contribution in [0, 0.1) is 20.8 Å². The van der Waals surface area contributed by atoms with Crippen LogP contribution < -0.4 is 4.57 Å². The van der Waals surface area contributed by atoms with E-state index in [2.05, 4.69) is 69.4 Å². The van der Waals surface area contributed by atoms with Gasteiger partial charge in [0.2, 0.25) is 17.5 Å². The highest BCUT2D eigenvalue weighted by atomic mass is 16.3. The summed E-state index contributed by atoms with van der Waals surface area (Å²) >= 11 is 0. The smallest absolute Gasteiger partial charge is 0.218 e. The SMILES string of the molecule is Cc1cc(C)c(C)c(-c2cc3nc(C(C)C)oc3c[n+]2C)c1. The summed E-state index contributed by atoms with van der Waals surface area (Å²) in [4.78, 5) is 4.63. The summed E-state index contributed by atoms with van der Waals surface area (Å²) in [5, 5.41) is 0. The van der Waals surface area contributed by atoms with Gasteiger partial charge in [0.15, 0.2) is 5.89 Å². The van der Waals surface area contributed by atoms with E-state index in [1.807, 2.05) is 6.20 Å². The first-order chi connectivity index (χ1) is 10.4. The number of oxazole rings is 1. The first-order valence-corrected chi connectivity index (χ1v) is 7.75. The minimum atomic E-state index is 0.295. The monoisotopic (exact) mass is 295 g/mol. The molecule has 22 heavy (non-hydrogen) atoms. The number of hydrogen-bond donors (Lipinski definition) is 0. The number of hydrogen-bond acceptors (Lipinski definition) is 2. The minimum absolute atomic E-state index is 0.295. The Kier molecular flexibility index (Phi) is 3.51. The average Bonchev–Trinajstić information content (AvgIpc) is 2.85. The molecule has 2 heterocycles. The Labute approximate surface area is 131 Å². The molecule has 0 unspecified atom stereocenters. The fourth-order valence-electron chi connectivity index (χ4n) is 2.85. The molecule has 0 saturated heterocycles. The topological polar surface area (TPSA) is 29.9 Å². The summed E-state index contributed by atoms with van der Waals surface area (Å²) < 4.78 is 7.97. The highest BCUT2D eigenvalue weighted by Gasteiger charge is 2.19. The predicted octanol–water partition coefficient (Wildman–Crippen LogP) is 4.37. The molecule has 0 aliphatic rings. The second-order valence-corrected chi connectivity index (χ2v) is 6.48. The maximum atomic E-state index is 5.85. The molecule has 114 valence electrons. The van der Waals surface area contributed by atoms with Crippen molar-refractivity contribution in [2.75, 3.05) is 0 Å². The Bertz CT molecular complexity index is 859. The Hall–Kier alpha value is -2.16. The van der Waals surface area contributed by atoms with Crippen LogP contribution in [-0.2, 0) is 7.05 Å². The quantitative estimate of drug-likeness (QED) is 0.657. The molecule has 0 spiro atoms. The molecule has 0 bridgehead atoms. The third-order valence-corrected chi connectivity index (χ3v) is 4.24. The van der Waals surface area contributed by atoms with E-state index >= 15 is 0 Å². The van der Waals surface area contributed by atoms with E-state index < -0.39 is 0 Å². The molecule has 0 saturated carbocycles. The summed E-state index contributed by atoms with van der Waals surface area (Å²) in [7, 11) is 2.06. The van der Waals surface area contributed by atoms with E-state index in [-0.39, 0.29) is 0 Å². The molecule has 0 aliphatic heterocycles. The van der Waals surface area contributed by atoms with Crippen molar-refractivity contribution in [3.05, 3.63) is 47.0 Å². The van der Waals surface area contributed by atoms with Gasteiger partial charge in [0.25, 0.3) is 0 Å². The summed E-state index contributed by atoms with van der Waals surface area (Å²) in [6.45, 7) is 10.7. The van der Waals surface area contributed by atoms with Gasteiger partial charge in [-0.3, -0.25) is 0 Å². The Morgan fingerprint density at radius 2 is 1.82 bits per heavy atom. The maximum absolute atomic E-state index is 5.85. The van der Waals surface area contributed by atoms with Crippen LogP contribution in [0.15, 0.2) is 28.8 Å². The molecule has 0 radical (unpaired) electrons. The van der Waals surface area contributed by atoms with Gasteiger partial charge in [0.1, 0.15) is 12.6 Å². The van der Waals surface area contributed by atoms with Crippen molar-refractivity contribution in [2.45, 2.75) is 40.5 Å².